The Kier molecular flexibility index (Phi) is 3.53. The third-order valence-corrected chi connectivity index (χ3v) is 3.31. The summed E-state index contributed by atoms with van der Waals surface area (Å²) in [6, 6.07) is 0. The van der Waals surface area contributed by atoms with Crippen LogP contribution < -0.4 is 5.32 Å². The fourth-order valence-corrected chi connectivity index (χ4v) is 1.80. The lowest BCUT2D eigenvalue weighted by molar-refractivity contribution is -0.129. The van der Waals surface area contributed by atoms with Crippen molar-refractivity contribution in [1.82, 2.24) is 5.32 Å². The van der Waals surface area contributed by atoms with Crippen LogP contribution in [0.2, 0.25) is 0 Å². The van der Waals surface area contributed by atoms with Crippen LogP contribution in [-0.2, 0) is 4.79 Å². The molecule has 3 heteroatoms. The molecule has 1 aliphatic carbocycles. The van der Waals surface area contributed by atoms with Crippen molar-refractivity contribution in [3.05, 3.63) is 0 Å². The second kappa shape index (κ2) is 4.30. The van der Waals surface area contributed by atoms with Crippen molar-refractivity contribution in [2.24, 2.45) is 11.3 Å². The summed E-state index contributed by atoms with van der Waals surface area (Å²) in [5, 5.41) is 11.8. The van der Waals surface area contributed by atoms with Gasteiger partial charge in [-0.3, -0.25) is 4.79 Å². The van der Waals surface area contributed by atoms with Crippen LogP contribution in [0.5, 0.6) is 0 Å². The molecule has 0 heterocycles. The van der Waals surface area contributed by atoms with Gasteiger partial charge in [-0.05, 0) is 31.1 Å². The van der Waals surface area contributed by atoms with E-state index >= 15 is 0 Å². The summed E-state index contributed by atoms with van der Waals surface area (Å²) in [5.74, 6) is 0.467. The van der Waals surface area contributed by atoms with Gasteiger partial charge in [-0.1, -0.05) is 20.3 Å². The Morgan fingerprint density at radius 1 is 1.57 bits per heavy atom. The van der Waals surface area contributed by atoms with Crippen LogP contribution in [0.25, 0.3) is 0 Å². The van der Waals surface area contributed by atoms with E-state index in [0.29, 0.717) is 6.54 Å². The summed E-state index contributed by atoms with van der Waals surface area (Å²) < 4.78 is 0. The van der Waals surface area contributed by atoms with Crippen LogP contribution in [0, 0.1) is 11.3 Å². The van der Waals surface area contributed by atoms with Gasteiger partial charge >= 0.3 is 0 Å². The van der Waals surface area contributed by atoms with Crippen LogP contribution in [-0.4, -0.2) is 23.7 Å². The first kappa shape index (κ1) is 11.5. The number of hydrogen-bond acceptors (Lipinski definition) is 2. The van der Waals surface area contributed by atoms with Gasteiger partial charge in [0.1, 0.15) is 6.10 Å². The number of hydrogen-bond donors (Lipinski definition) is 2. The minimum atomic E-state index is -0.896. The SMILES string of the molecule is CC(O)C(=O)NCC(C)(C)C1CCC1. The van der Waals surface area contributed by atoms with E-state index in [0.717, 1.165) is 5.92 Å². The smallest absolute Gasteiger partial charge is 0.248 e. The summed E-state index contributed by atoms with van der Waals surface area (Å²) >= 11 is 0. The Labute approximate surface area is 85.9 Å². The quantitative estimate of drug-likeness (QED) is 0.717. The highest BCUT2D eigenvalue weighted by molar-refractivity contribution is 5.79. The van der Waals surface area contributed by atoms with Gasteiger partial charge in [0, 0.05) is 6.54 Å². The average molecular weight is 199 g/mol. The van der Waals surface area contributed by atoms with Crippen molar-refractivity contribution >= 4 is 5.91 Å². The summed E-state index contributed by atoms with van der Waals surface area (Å²) in [7, 11) is 0. The molecule has 1 saturated carbocycles. The number of carbonyl (C=O) groups is 1. The molecule has 2 N–H and O–H groups in total. The third kappa shape index (κ3) is 2.71. The molecule has 0 aromatic carbocycles. The first-order valence-electron chi connectivity index (χ1n) is 5.39. The Morgan fingerprint density at radius 3 is 2.50 bits per heavy atom. The fraction of sp³-hybridized carbons (Fsp3) is 0.909. The second-order valence-electron chi connectivity index (χ2n) is 5.01. The Balaban J connectivity index is 2.31. The lowest BCUT2D eigenvalue weighted by Gasteiger charge is -2.40. The van der Waals surface area contributed by atoms with Gasteiger partial charge in [0.2, 0.25) is 5.91 Å². The van der Waals surface area contributed by atoms with Crippen LogP contribution >= 0.6 is 0 Å². The topological polar surface area (TPSA) is 49.3 Å². The van der Waals surface area contributed by atoms with Crippen molar-refractivity contribution in [3.8, 4) is 0 Å². The zero-order chi connectivity index (χ0) is 10.8. The summed E-state index contributed by atoms with van der Waals surface area (Å²) in [5.41, 5.74) is 0.169. The third-order valence-electron chi connectivity index (χ3n) is 3.31. The average Bonchev–Trinajstić information content (AvgIpc) is 1.95. The predicted octanol–water partition coefficient (Wildman–Crippen LogP) is 1.31. The molecule has 1 atom stereocenters. The van der Waals surface area contributed by atoms with E-state index in [-0.39, 0.29) is 11.3 Å². The van der Waals surface area contributed by atoms with E-state index in [1.54, 1.807) is 0 Å². The van der Waals surface area contributed by atoms with Gasteiger partial charge in [0.05, 0.1) is 0 Å². The van der Waals surface area contributed by atoms with E-state index in [1.165, 1.54) is 26.2 Å². The van der Waals surface area contributed by atoms with Gasteiger partial charge in [-0.2, -0.15) is 0 Å². The molecule has 3 nitrogen and oxygen atoms in total. The first-order valence-corrected chi connectivity index (χ1v) is 5.39. The van der Waals surface area contributed by atoms with Crippen LogP contribution in [0.1, 0.15) is 40.0 Å². The van der Waals surface area contributed by atoms with Crippen LogP contribution in [0.3, 0.4) is 0 Å². The molecule has 1 amide bonds. The second-order valence-corrected chi connectivity index (χ2v) is 5.01. The normalized spacial score (nSPS) is 20.0. The molecule has 1 aliphatic rings. The molecule has 0 bridgehead atoms. The van der Waals surface area contributed by atoms with Gasteiger partial charge in [0.25, 0.3) is 0 Å². The molecule has 0 radical (unpaired) electrons. The maximum absolute atomic E-state index is 11.2. The zero-order valence-electron chi connectivity index (χ0n) is 9.34. The van der Waals surface area contributed by atoms with E-state index in [2.05, 4.69) is 19.2 Å². The molecule has 0 aromatic rings. The summed E-state index contributed by atoms with van der Waals surface area (Å²) in [4.78, 5) is 11.2. The number of aliphatic hydroxyl groups is 1. The monoisotopic (exact) mass is 199 g/mol. The van der Waals surface area contributed by atoms with E-state index in [9.17, 15) is 4.79 Å². The fourth-order valence-electron chi connectivity index (χ4n) is 1.80. The van der Waals surface area contributed by atoms with Gasteiger partial charge in [-0.25, -0.2) is 0 Å². The van der Waals surface area contributed by atoms with Gasteiger partial charge < -0.3 is 10.4 Å². The number of nitrogens with one attached hydrogen (secondary N) is 1. The van der Waals surface area contributed by atoms with Crippen molar-refractivity contribution in [2.75, 3.05) is 6.54 Å². The molecular formula is C11H21NO2. The van der Waals surface area contributed by atoms with Crippen molar-refractivity contribution < 1.29 is 9.90 Å². The summed E-state index contributed by atoms with van der Waals surface area (Å²) in [6.45, 7) is 6.52. The van der Waals surface area contributed by atoms with Crippen molar-refractivity contribution in [2.45, 2.75) is 46.1 Å². The molecule has 14 heavy (non-hydrogen) atoms. The molecule has 1 unspecified atom stereocenters. The van der Waals surface area contributed by atoms with Crippen molar-refractivity contribution in [3.63, 3.8) is 0 Å². The highest BCUT2D eigenvalue weighted by atomic mass is 16.3. The van der Waals surface area contributed by atoms with Crippen LogP contribution in [0.15, 0.2) is 0 Å². The van der Waals surface area contributed by atoms with Crippen molar-refractivity contribution in [1.29, 1.82) is 0 Å². The Morgan fingerprint density at radius 2 is 2.14 bits per heavy atom. The molecule has 1 rings (SSSR count). The standard InChI is InChI=1S/C11H21NO2/c1-8(13)10(14)12-7-11(2,3)9-5-4-6-9/h8-9,13H,4-7H2,1-3H3,(H,12,14). The minimum Gasteiger partial charge on any atom is -0.384 e. The number of amides is 1. The number of carbonyl (C=O) groups excluding carboxylic acids is 1. The maximum atomic E-state index is 11.2. The molecule has 0 saturated heterocycles. The number of aliphatic hydroxyl groups excluding tert-OH is 1. The largest absolute Gasteiger partial charge is 0.384 e. The highest BCUT2D eigenvalue weighted by Gasteiger charge is 2.34. The molecular weight excluding hydrogens is 178 g/mol. The van der Waals surface area contributed by atoms with E-state index in [1.807, 2.05) is 0 Å². The highest BCUT2D eigenvalue weighted by Crippen LogP contribution is 2.41. The molecule has 0 spiro atoms. The zero-order valence-corrected chi connectivity index (χ0v) is 9.34. The molecule has 0 aliphatic heterocycles. The lowest BCUT2D eigenvalue weighted by Crippen LogP contribution is -2.43. The minimum absolute atomic E-state index is 0.169. The lowest BCUT2D eigenvalue weighted by atomic mass is 9.67. The Bertz CT molecular complexity index is 207. The first-order chi connectivity index (χ1) is 6.43. The van der Waals surface area contributed by atoms with Crippen LogP contribution in [0.4, 0.5) is 0 Å². The Hall–Kier alpha value is -0.570. The number of rotatable bonds is 4. The van der Waals surface area contributed by atoms with E-state index in [4.69, 9.17) is 5.11 Å². The van der Waals surface area contributed by atoms with Gasteiger partial charge in [0.15, 0.2) is 0 Å². The molecule has 0 aromatic heterocycles. The molecule has 1 fully saturated rings. The van der Waals surface area contributed by atoms with Gasteiger partial charge in [-0.15, -0.1) is 0 Å². The maximum Gasteiger partial charge on any atom is 0.248 e. The molecule has 82 valence electrons. The van der Waals surface area contributed by atoms with E-state index < -0.39 is 6.10 Å². The predicted molar refractivity (Wildman–Crippen MR) is 55.8 cm³/mol. The summed E-state index contributed by atoms with van der Waals surface area (Å²) in [6.07, 6.45) is 2.97.